The van der Waals surface area contributed by atoms with E-state index in [4.69, 9.17) is 23.2 Å². The zero-order valence-electron chi connectivity index (χ0n) is 13.9. The summed E-state index contributed by atoms with van der Waals surface area (Å²) in [7, 11) is -3.69. The maximum atomic E-state index is 12.9. The van der Waals surface area contributed by atoms with Gasteiger partial charge in [-0.1, -0.05) is 35.7 Å². The number of rotatable bonds is 4. The van der Waals surface area contributed by atoms with Gasteiger partial charge in [0.15, 0.2) is 0 Å². The van der Waals surface area contributed by atoms with Gasteiger partial charge in [0, 0.05) is 29.4 Å². The van der Waals surface area contributed by atoms with E-state index >= 15 is 0 Å². The van der Waals surface area contributed by atoms with Gasteiger partial charge in [0.1, 0.15) is 4.90 Å². The number of sulfonamides is 1. The predicted octanol–water partition coefficient (Wildman–Crippen LogP) is 4.42. The monoisotopic (exact) mass is 412 g/mol. The van der Waals surface area contributed by atoms with E-state index in [1.165, 1.54) is 22.5 Å². The highest BCUT2D eigenvalue weighted by Crippen LogP contribution is 2.29. The molecule has 138 valence electrons. The summed E-state index contributed by atoms with van der Waals surface area (Å²) in [6.45, 7) is 0.968. The first-order valence-electron chi connectivity index (χ1n) is 8.24. The third kappa shape index (κ3) is 4.20. The van der Waals surface area contributed by atoms with Crippen molar-refractivity contribution in [2.24, 2.45) is 0 Å². The number of anilines is 1. The molecule has 0 bridgehead atoms. The lowest BCUT2D eigenvalue weighted by atomic mass is 10.2. The van der Waals surface area contributed by atoms with Crippen LogP contribution in [0, 0.1) is 0 Å². The van der Waals surface area contributed by atoms with Crippen LogP contribution in [-0.2, 0) is 10.0 Å². The van der Waals surface area contributed by atoms with Crippen molar-refractivity contribution in [1.82, 2.24) is 4.31 Å². The molecule has 0 aliphatic carbocycles. The molecule has 2 aromatic rings. The second-order valence-electron chi connectivity index (χ2n) is 6.07. The van der Waals surface area contributed by atoms with Crippen molar-refractivity contribution in [3.63, 3.8) is 0 Å². The van der Waals surface area contributed by atoms with Gasteiger partial charge in [0.05, 0.1) is 5.02 Å². The molecule has 0 atom stereocenters. The minimum absolute atomic E-state index is 0.00459. The Morgan fingerprint density at radius 2 is 1.73 bits per heavy atom. The molecule has 1 amide bonds. The number of benzene rings is 2. The quantitative estimate of drug-likeness (QED) is 0.807. The average molecular weight is 413 g/mol. The van der Waals surface area contributed by atoms with E-state index in [1.807, 2.05) is 0 Å². The highest BCUT2D eigenvalue weighted by molar-refractivity contribution is 7.89. The number of piperidine rings is 1. The Bertz CT molecular complexity index is 926. The van der Waals surface area contributed by atoms with Crippen LogP contribution < -0.4 is 5.32 Å². The number of halogens is 2. The smallest absolute Gasteiger partial charge is 0.255 e. The summed E-state index contributed by atoms with van der Waals surface area (Å²) in [6.07, 6.45) is 2.69. The van der Waals surface area contributed by atoms with Gasteiger partial charge < -0.3 is 5.32 Å². The summed E-state index contributed by atoms with van der Waals surface area (Å²) in [5, 5.41) is 3.27. The molecule has 0 radical (unpaired) electrons. The Morgan fingerprint density at radius 1 is 1.00 bits per heavy atom. The van der Waals surface area contributed by atoms with Gasteiger partial charge in [0.25, 0.3) is 5.91 Å². The highest BCUT2D eigenvalue weighted by Gasteiger charge is 2.28. The van der Waals surface area contributed by atoms with Crippen LogP contribution in [0.4, 0.5) is 5.69 Å². The van der Waals surface area contributed by atoms with Crippen LogP contribution in [0.3, 0.4) is 0 Å². The van der Waals surface area contributed by atoms with Gasteiger partial charge in [-0.15, -0.1) is 0 Å². The second kappa shape index (κ2) is 7.96. The maximum Gasteiger partial charge on any atom is 0.255 e. The van der Waals surface area contributed by atoms with Gasteiger partial charge in [-0.3, -0.25) is 4.79 Å². The SMILES string of the molecule is O=C(Nc1ccc(Cl)c(S(=O)(=O)N2CCCCC2)c1)c1cccc(Cl)c1. The first-order valence-corrected chi connectivity index (χ1v) is 10.4. The molecule has 1 fully saturated rings. The van der Waals surface area contributed by atoms with Crippen LogP contribution in [-0.4, -0.2) is 31.7 Å². The second-order valence-corrected chi connectivity index (χ2v) is 8.82. The van der Waals surface area contributed by atoms with Crippen molar-refractivity contribution < 1.29 is 13.2 Å². The van der Waals surface area contributed by atoms with E-state index < -0.39 is 10.0 Å². The standard InChI is InChI=1S/C18H18Cl2N2O3S/c19-14-6-4-5-13(11-14)18(23)21-15-7-8-16(20)17(12-15)26(24,25)22-9-2-1-3-10-22/h4-8,11-12H,1-3,9-10H2,(H,21,23). The third-order valence-electron chi connectivity index (χ3n) is 4.21. The Hall–Kier alpha value is -1.60. The number of nitrogens with zero attached hydrogens (tertiary/aromatic N) is 1. The number of hydrogen-bond donors (Lipinski definition) is 1. The molecule has 1 aliphatic rings. The molecular formula is C18H18Cl2N2O3S. The first-order chi connectivity index (χ1) is 12.4. The Morgan fingerprint density at radius 3 is 2.42 bits per heavy atom. The molecule has 8 heteroatoms. The number of carbonyl (C=O) groups excluding carboxylic acids is 1. The van der Waals surface area contributed by atoms with E-state index in [1.54, 1.807) is 24.3 Å². The van der Waals surface area contributed by atoms with E-state index in [9.17, 15) is 13.2 Å². The van der Waals surface area contributed by atoms with Crippen molar-refractivity contribution in [3.8, 4) is 0 Å². The third-order valence-corrected chi connectivity index (χ3v) is 6.82. The van der Waals surface area contributed by atoms with Gasteiger partial charge in [0.2, 0.25) is 10.0 Å². The van der Waals surface area contributed by atoms with Crippen LogP contribution in [0.1, 0.15) is 29.6 Å². The topological polar surface area (TPSA) is 66.5 Å². The highest BCUT2D eigenvalue weighted by atomic mass is 35.5. The van der Waals surface area contributed by atoms with Crippen LogP contribution in [0.15, 0.2) is 47.4 Å². The zero-order valence-corrected chi connectivity index (χ0v) is 16.2. The minimum Gasteiger partial charge on any atom is -0.322 e. The first kappa shape index (κ1) is 19.2. The van der Waals surface area contributed by atoms with Crippen LogP contribution in [0.2, 0.25) is 10.0 Å². The molecule has 1 saturated heterocycles. The molecule has 0 aromatic heterocycles. The molecule has 0 spiro atoms. The van der Waals surface area contributed by atoms with E-state index in [-0.39, 0.29) is 15.8 Å². The van der Waals surface area contributed by atoms with Gasteiger partial charge in [-0.25, -0.2) is 8.42 Å². The molecular weight excluding hydrogens is 395 g/mol. The zero-order chi connectivity index (χ0) is 18.7. The summed E-state index contributed by atoms with van der Waals surface area (Å²) in [4.78, 5) is 12.4. The van der Waals surface area contributed by atoms with Gasteiger partial charge in [-0.2, -0.15) is 4.31 Å². The van der Waals surface area contributed by atoms with Crippen molar-refractivity contribution in [3.05, 3.63) is 58.1 Å². The van der Waals surface area contributed by atoms with Crippen LogP contribution in [0.25, 0.3) is 0 Å². The fourth-order valence-corrected chi connectivity index (χ4v) is 5.06. The van der Waals surface area contributed by atoms with Crippen molar-refractivity contribution >= 4 is 44.8 Å². The molecule has 1 aliphatic heterocycles. The van der Waals surface area contributed by atoms with Gasteiger partial charge >= 0.3 is 0 Å². The van der Waals surface area contributed by atoms with Gasteiger partial charge in [-0.05, 0) is 49.2 Å². The number of nitrogens with one attached hydrogen (secondary N) is 1. The Labute approximate surface area is 163 Å². The van der Waals surface area contributed by atoms with E-state index in [2.05, 4.69) is 5.32 Å². The predicted molar refractivity (Wildman–Crippen MR) is 103 cm³/mol. The number of hydrogen-bond acceptors (Lipinski definition) is 3. The summed E-state index contributed by atoms with van der Waals surface area (Å²) < 4.78 is 27.2. The number of carbonyl (C=O) groups is 1. The summed E-state index contributed by atoms with van der Waals surface area (Å²) >= 11 is 12.0. The molecule has 26 heavy (non-hydrogen) atoms. The van der Waals surface area contributed by atoms with Crippen molar-refractivity contribution in [2.75, 3.05) is 18.4 Å². The molecule has 1 heterocycles. The van der Waals surface area contributed by atoms with Crippen LogP contribution in [0.5, 0.6) is 0 Å². The largest absolute Gasteiger partial charge is 0.322 e. The molecule has 0 unspecified atom stereocenters. The van der Waals surface area contributed by atoms with Crippen LogP contribution >= 0.6 is 23.2 Å². The lowest BCUT2D eigenvalue weighted by Crippen LogP contribution is -2.35. The van der Waals surface area contributed by atoms with E-state index in [0.29, 0.717) is 29.4 Å². The molecule has 0 saturated carbocycles. The Kier molecular flexibility index (Phi) is 5.87. The lowest BCUT2D eigenvalue weighted by Gasteiger charge is -2.26. The fourth-order valence-electron chi connectivity index (χ4n) is 2.86. The molecule has 3 rings (SSSR count). The lowest BCUT2D eigenvalue weighted by molar-refractivity contribution is 0.102. The maximum absolute atomic E-state index is 12.9. The summed E-state index contributed by atoms with van der Waals surface area (Å²) in [5.41, 5.74) is 0.739. The Balaban J connectivity index is 1.86. The number of amides is 1. The normalized spacial score (nSPS) is 15.6. The molecule has 2 aromatic carbocycles. The van der Waals surface area contributed by atoms with Crippen molar-refractivity contribution in [2.45, 2.75) is 24.2 Å². The summed E-state index contributed by atoms with van der Waals surface area (Å²) in [5.74, 6) is -0.379. The molecule has 1 N–H and O–H groups in total. The molecule has 5 nitrogen and oxygen atoms in total. The summed E-state index contributed by atoms with van der Waals surface area (Å²) in [6, 6.07) is 11.0. The van der Waals surface area contributed by atoms with Crippen molar-refractivity contribution in [1.29, 1.82) is 0 Å². The minimum atomic E-state index is -3.69. The average Bonchev–Trinajstić information content (AvgIpc) is 2.64. The fraction of sp³-hybridized carbons (Fsp3) is 0.278. The van der Waals surface area contributed by atoms with E-state index in [0.717, 1.165) is 19.3 Å².